The monoisotopic (exact) mass is 578 g/mol. The highest BCUT2D eigenvalue weighted by Crippen LogP contribution is 2.36. The van der Waals surface area contributed by atoms with Crippen LogP contribution in [0.15, 0.2) is 89.8 Å². The molecule has 0 unspecified atom stereocenters. The second kappa shape index (κ2) is 11.3. The van der Waals surface area contributed by atoms with E-state index >= 15 is 0 Å². The zero-order valence-electron chi connectivity index (χ0n) is 18.6. The normalized spacial score (nSPS) is 11.0. The first-order valence-corrected chi connectivity index (χ1v) is 13.0. The first kappa shape index (κ1) is 26.6. The second-order valence-electron chi connectivity index (χ2n) is 7.44. The average molecular weight is 580 g/mol. The van der Waals surface area contributed by atoms with Crippen LogP contribution in [0.2, 0.25) is 15.1 Å². The molecule has 37 heavy (non-hydrogen) atoms. The van der Waals surface area contributed by atoms with Crippen LogP contribution in [0.4, 0.5) is 16.2 Å². The lowest BCUT2D eigenvalue weighted by Gasteiger charge is -2.15. The molecule has 2 amide bonds. The summed E-state index contributed by atoms with van der Waals surface area (Å²) in [5.74, 6) is 0.853. The Labute approximate surface area is 227 Å². The molecule has 0 saturated carbocycles. The summed E-state index contributed by atoms with van der Waals surface area (Å²) < 4.78 is 44.2. The summed E-state index contributed by atoms with van der Waals surface area (Å²) in [5.41, 5.74) is 0.510. The van der Waals surface area contributed by atoms with Crippen LogP contribution in [0.1, 0.15) is 0 Å². The molecule has 0 saturated heterocycles. The molecule has 12 heteroatoms. The highest BCUT2D eigenvalue weighted by atomic mass is 35.5. The Morgan fingerprint density at radius 3 is 2.11 bits per heavy atom. The maximum absolute atomic E-state index is 12.7. The van der Waals surface area contributed by atoms with Crippen molar-refractivity contribution in [1.29, 1.82) is 0 Å². The minimum atomic E-state index is -4.55. The van der Waals surface area contributed by atoms with E-state index in [1.165, 1.54) is 48.5 Å². The number of rotatable bonds is 7. The molecule has 0 radical (unpaired) electrons. The minimum absolute atomic E-state index is 0.0837. The van der Waals surface area contributed by atoms with Crippen LogP contribution in [0.3, 0.4) is 0 Å². The molecule has 8 nitrogen and oxygen atoms in total. The van der Waals surface area contributed by atoms with Crippen molar-refractivity contribution in [3.8, 4) is 23.0 Å². The molecular weight excluding hydrogens is 563 g/mol. The Kier molecular flexibility index (Phi) is 8.11. The lowest BCUT2D eigenvalue weighted by Crippen LogP contribution is -2.19. The summed E-state index contributed by atoms with van der Waals surface area (Å²) >= 11 is 18.3. The van der Waals surface area contributed by atoms with Crippen molar-refractivity contribution in [2.45, 2.75) is 4.90 Å². The van der Waals surface area contributed by atoms with E-state index in [9.17, 15) is 17.8 Å². The van der Waals surface area contributed by atoms with E-state index < -0.39 is 21.0 Å². The Hall–Kier alpha value is -3.47. The number of hydrogen-bond acceptors (Lipinski definition) is 5. The quantitative estimate of drug-likeness (QED) is 0.191. The summed E-state index contributed by atoms with van der Waals surface area (Å²) in [4.78, 5) is 12.3. The van der Waals surface area contributed by atoms with Gasteiger partial charge in [0.15, 0.2) is 5.75 Å². The molecule has 0 spiro atoms. The molecule has 4 aromatic carbocycles. The van der Waals surface area contributed by atoms with Gasteiger partial charge in [-0.15, -0.1) is 0 Å². The highest BCUT2D eigenvalue weighted by Gasteiger charge is 2.18. The summed E-state index contributed by atoms with van der Waals surface area (Å²) in [6.45, 7) is 0. The van der Waals surface area contributed by atoms with Gasteiger partial charge in [0.2, 0.25) is 0 Å². The van der Waals surface area contributed by atoms with Crippen molar-refractivity contribution < 1.29 is 27.2 Å². The molecule has 4 aromatic rings. The maximum Gasteiger partial charge on any atom is 0.323 e. The SMILES string of the molecule is O=C(Nc1ccc(Oc2ccc(Cl)cc2)c(Cl)c1)Nc1cc(Cl)ccc1Oc1ccccc1S(=O)(=O)O. The number of carbonyl (C=O) groups is 1. The lowest BCUT2D eigenvalue weighted by atomic mass is 10.2. The maximum atomic E-state index is 12.7. The van der Waals surface area contributed by atoms with Gasteiger partial charge in [0.1, 0.15) is 22.1 Å². The summed E-state index contributed by atoms with van der Waals surface area (Å²) in [6.07, 6.45) is 0. The number of benzene rings is 4. The molecule has 0 heterocycles. The fourth-order valence-electron chi connectivity index (χ4n) is 3.13. The number of hydrogen-bond donors (Lipinski definition) is 3. The molecule has 0 aliphatic carbocycles. The van der Waals surface area contributed by atoms with E-state index in [-0.39, 0.29) is 27.2 Å². The Bertz CT molecular complexity index is 1560. The fourth-order valence-corrected chi connectivity index (χ4v) is 4.26. The average Bonchev–Trinajstić information content (AvgIpc) is 2.83. The van der Waals surface area contributed by atoms with E-state index in [1.54, 1.807) is 36.4 Å². The molecule has 0 aromatic heterocycles. The van der Waals surface area contributed by atoms with Crippen molar-refractivity contribution in [2.24, 2.45) is 0 Å². The lowest BCUT2D eigenvalue weighted by molar-refractivity contribution is 0.262. The first-order valence-electron chi connectivity index (χ1n) is 10.4. The largest absolute Gasteiger partial charge is 0.456 e. The zero-order chi connectivity index (χ0) is 26.6. The van der Waals surface area contributed by atoms with Crippen LogP contribution in [0, 0.1) is 0 Å². The number of urea groups is 1. The van der Waals surface area contributed by atoms with Gasteiger partial charge in [-0.25, -0.2) is 4.79 Å². The van der Waals surface area contributed by atoms with Crippen molar-refractivity contribution in [3.05, 3.63) is 100.0 Å². The van der Waals surface area contributed by atoms with E-state index in [0.717, 1.165) is 0 Å². The molecule has 0 atom stereocenters. The van der Waals surface area contributed by atoms with Crippen LogP contribution in [0.5, 0.6) is 23.0 Å². The number of ether oxygens (including phenoxy) is 2. The minimum Gasteiger partial charge on any atom is -0.456 e. The molecule has 0 bridgehead atoms. The Balaban J connectivity index is 1.49. The molecule has 0 aliphatic heterocycles. The predicted octanol–water partition coefficient (Wildman–Crippen LogP) is 8.12. The van der Waals surface area contributed by atoms with Crippen molar-refractivity contribution in [2.75, 3.05) is 10.6 Å². The Morgan fingerprint density at radius 2 is 1.41 bits per heavy atom. The number of nitrogens with one attached hydrogen (secondary N) is 2. The topological polar surface area (TPSA) is 114 Å². The van der Waals surface area contributed by atoms with E-state index in [4.69, 9.17) is 44.3 Å². The molecule has 0 aliphatic rings. The number of carbonyl (C=O) groups excluding carboxylic acids is 1. The fraction of sp³-hybridized carbons (Fsp3) is 0. The van der Waals surface area contributed by atoms with Crippen molar-refractivity contribution >= 4 is 62.3 Å². The number of para-hydroxylation sites is 1. The molecule has 0 fully saturated rings. The van der Waals surface area contributed by atoms with Crippen LogP contribution in [-0.2, 0) is 10.1 Å². The van der Waals surface area contributed by atoms with Gasteiger partial charge in [-0.05, 0) is 72.8 Å². The third-order valence-electron chi connectivity index (χ3n) is 4.77. The van der Waals surface area contributed by atoms with E-state index in [2.05, 4.69) is 10.6 Å². The van der Waals surface area contributed by atoms with E-state index in [0.29, 0.717) is 22.2 Å². The van der Waals surface area contributed by atoms with Crippen LogP contribution < -0.4 is 20.1 Å². The number of amides is 2. The highest BCUT2D eigenvalue weighted by molar-refractivity contribution is 7.86. The molecule has 4 rings (SSSR count). The van der Waals surface area contributed by atoms with Crippen molar-refractivity contribution in [1.82, 2.24) is 0 Å². The number of anilines is 2. The van der Waals surface area contributed by atoms with Gasteiger partial charge < -0.3 is 20.1 Å². The summed E-state index contributed by atoms with van der Waals surface area (Å²) in [7, 11) is -4.55. The van der Waals surface area contributed by atoms with Gasteiger partial charge in [-0.2, -0.15) is 8.42 Å². The first-order chi connectivity index (χ1) is 17.6. The predicted molar refractivity (Wildman–Crippen MR) is 143 cm³/mol. The molecular formula is C25H17Cl3N2O6S. The second-order valence-corrected chi connectivity index (χ2v) is 10.1. The van der Waals surface area contributed by atoms with Gasteiger partial charge >= 0.3 is 6.03 Å². The molecule has 190 valence electrons. The summed E-state index contributed by atoms with van der Waals surface area (Å²) in [5, 5.41) is 6.34. The van der Waals surface area contributed by atoms with Gasteiger partial charge in [0.05, 0.1) is 10.7 Å². The number of halogens is 3. The zero-order valence-corrected chi connectivity index (χ0v) is 21.7. The third-order valence-corrected chi connectivity index (χ3v) is 6.44. The van der Waals surface area contributed by atoms with Gasteiger partial charge in [-0.1, -0.05) is 46.9 Å². The third kappa shape index (κ3) is 7.06. The molecule has 3 N–H and O–H groups in total. The standard InChI is InChI=1S/C25H17Cl3N2O6S/c26-15-5-9-18(10-6-15)35-21-12-8-17(14-19(21)28)29-25(31)30-20-13-16(27)7-11-22(20)36-23-3-1-2-4-24(23)37(32,33)34/h1-14H,(H2,29,30,31)(H,32,33,34). The van der Waals surface area contributed by atoms with Gasteiger partial charge in [0, 0.05) is 15.7 Å². The van der Waals surface area contributed by atoms with Gasteiger partial charge in [-0.3, -0.25) is 4.55 Å². The Morgan fingerprint density at radius 1 is 0.730 bits per heavy atom. The van der Waals surface area contributed by atoms with Gasteiger partial charge in [0.25, 0.3) is 10.1 Å². The van der Waals surface area contributed by atoms with E-state index in [1.807, 2.05) is 0 Å². The van der Waals surface area contributed by atoms with Crippen LogP contribution in [0.25, 0.3) is 0 Å². The van der Waals surface area contributed by atoms with Crippen LogP contribution in [-0.4, -0.2) is 19.0 Å². The smallest absolute Gasteiger partial charge is 0.323 e. The van der Waals surface area contributed by atoms with Crippen molar-refractivity contribution in [3.63, 3.8) is 0 Å². The van der Waals surface area contributed by atoms with Crippen LogP contribution >= 0.6 is 34.8 Å². The summed E-state index contributed by atoms with van der Waals surface area (Å²) in [6, 6.07) is 20.6.